The van der Waals surface area contributed by atoms with Crippen LogP contribution in [-0.2, 0) is 24.0 Å². The first-order valence-corrected chi connectivity index (χ1v) is 14.3. The molecule has 3 aromatic rings. The van der Waals surface area contributed by atoms with Crippen molar-refractivity contribution >= 4 is 28.0 Å². The Morgan fingerprint density at radius 1 is 1.09 bits per heavy atom. The Kier molecular flexibility index (Phi) is 11.1. The van der Waals surface area contributed by atoms with Crippen molar-refractivity contribution in [3.05, 3.63) is 82.0 Å². The van der Waals surface area contributed by atoms with Crippen LogP contribution in [0.1, 0.15) is 41.2 Å². The van der Waals surface area contributed by atoms with E-state index in [0.717, 1.165) is 50.3 Å². The first-order valence-electron chi connectivity index (χ1n) is 11.9. The number of rotatable bonds is 9. The minimum absolute atomic E-state index is 0.381. The first kappa shape index (κ1) is 26.4. The molecule has 34 heavy (non-hydrogen) atoms. The molecule has 184 valence electrons. The average Bonchev–Trinajstić information content (AvgIpc) is 3.35. The molecule has 0 bridgehead atoms. The van der Waals surface area contributed by atoms with Gasteiger partial charge in [-0.15, -0.1) is 11.3 Å². The number of para-hydroxylation sites is 1. The van der Waals surface area contributed by atoms with Gasteiger partial charge in [-0.2, -0.15) is 0 Å². The second kappa shape index (κ2) is 14.3. The van der Waals surface area contributed by atoms with Crippen LogP contribution in [0.3, 0.4) is 0 Å². The number of nitrogens with zero attached hydrogens (tertiary/aromatic N) is 1. The van der Waals surface area contributed by atoms with Crippen LogP contribution in [-0.4, -0.2) is 47.2 Å². The van der Waals surface area contributed by atoms with Gasteiger partial charge in [-0.3, -0.25) is 4.90 Å². The van der Waals surface area contributed by atoms with E-state index >= 15 is 0 Å². The Morgan fingerprint density at radius 3 is 2.56 bits per heavy atom. The van der Waals surface area contributed by atoms with E-state index in [9.17, 15) is 9.32 Å². The summed E-state index contributed by atoms with van der Waals surface area (Å²) in [4.78, 5) is 3.89. The van der Waals surface area contributed by atoms with E-state index in [2.05, 4.69) is 44.6 Å². The maximum atomic E-state index is 11.3. The summed E-state index contributed by atoms with van der Waals surface area (Å²) >= 11 is 1.85. The molecule has 1 saturated heterocycles. The summed E-state index contributed by atoms with van der Waals surface area (Å²) < 4.78 is 14.3. The summed E-state index contributed by atoms with van der Waals surface area (Å²) in [5.41, 5.74) is 3.23. The molecule has 2 aromatic carbocycles. The van der Waals surface area contributed by atoms with E-state index < -0.39 is 11.0 Å². The molecule has 3 N–H and O–H groups in total. The van der Waals surface area contributed by atoms with Gasteiger partial charge in [0.15, 0.2) is 0 Å². The van der Waals surface area contributed by atoms with E-state index in [0.29, 0.717) is 11.7 Å². The van der Waals surface area contributed by atoms with Crippen molar-refractivity contribution in [1.29, 1.82) is 0 Å². The predicted molar refractivity (Wildman–Crippen MR) is 146 cm³/mol. The normalized spacial score (nSPS) is 15.4. The van der Waals surface area contributed by atoms with Crippen molar-refractivity contribution in [2.75, 3.05) is 37.7 Å². The number of piperidine rings is 1. The monoisotopic (exact) mass is 499 g/mol. The zero-order chi connectivity index (χ0) is 24.2. The Labute approximate surface area is 210 Å². The third kappa shape index (κ3) is 8.87. The van der Waals surface area contributed by atoms with Gasteiger partial charge in [0.25, 0.3) is 0 Å². The molecule has 2 heterocycles. The molecular weight excluding hydrogens is 462 g/mol. The van der Waals surface area contributed by atoms with E-state index in [1.54, 1.807) is 12.3 Å². The Hall–Kier alpha value is -2.19. The molecule has 0 radical (unpaired) electrons. The number of aryl methyl sites for hydroxylation is 1. The van der Waals surface area contributed by atoms with Crippen molar-refractivity contribution in [2.45, 2.75) is 38.1 Å². The van der Waals surface area contributed by atoms with Gasteiger partial charge in [-0.05, 0) is 93.5 Å². The van der Waals surface area contributed by atoms with Crippen LogP contribution >= 0.6 is 11.3 Å². The molecule has 0 spiro atoms. The van der Waals surface area contributed by atoms with Crippen molar-refractivity contribution in [3.63, 3.8) is 0 Å². The van der Waals surface area contributed by atoms with Crippen molar-refractivity contribution < 1.29 is 9.32 Å². The van der Waals surface area contributed by atoms with E-state index in [1.807, 2.05) is 48.7 Å². The van der Waals surface area contributed by atoms with E-state index in [1.165, 1.54) is 23.3 Å². The third-order valence-electron chi connectivity index (χ3n) is 6.02. The zero-order valence-corrected chi connectivity index (χ0v) is 21.8. The molecule has 1 fully saturated rings. The number of phenols is 1. The maximum absolute atomic E-state index is 11.3. The SMILES string of the molecule is CNCCCc1cccs1.CS(=O)Nc1cccc(C2CCN(Cc3ccccc3O)CC2)c1. The molecular formula is C27H37N3O2S2. The number of phenolic OH excluding ortho intramolecular Hbond substituents is 1. The number of hydrogen-bond acceptors (Lipinski definition) is 5. The lowest BCUT2D eigenvalue weighted by atomic mass is 9.89. The Bertz CT molecular complexity index is 1000. The van der Waals surface area contributed by atoms with Gasteiger partial charge in [0.2, 0.25) is 0 Å². The zero-order valence-electron chi connectivity index (χ0n) is 20.2. The molecule has 1 aliphatic rings. The van der Waals surface area contributed by atoms with Gasteiger partial charge in [-0.25, -0.2) is 4.21 Å². The van der Waals surface area contributed by atoms with Crippen LogP contribution in [0.5, 0.6) is 5.75 Å². The summed E-state index contributed by atoms with van der Waals surface area (Å²) in [6, 6.07) is 20.1. The highest BCUT2D eigenvalue weighted by Gasteiger charge is 2.21. The number of likely N-dealkylation sites (tertiary alicyclic amines) is 1. The minimum Gasteiger partial charge on any atom is -0.508 e. The summed E-state index contributed by atoms with van der Waals surface area (Å²) in [6.45, 7) is 3.97. The highest BCUT2D eigenvalue weighted by atomic mass is 32.2. The van der Waals surface area contributed by atoms with Gasteiger partial charge in [-0.1, -0.05) is 36.4 Å². The van der Waals surface area contributed by atoms with Crippen LogP contribution in [0, 0.1) is 0 Å². The molecule has 5 nitrogen and oxygen atoms in total. The van der Waals surface area contributed by atoms with Crippen LogP contribution < -0.4 is 10.0 Å². The lowest BCUT2D eigenvalue weighted by Gasteiger charge is -2.32. The van der Waals surface area contributed by atoms with Gasteiger partial charge >= 0.3 is 0 Å². The second-order valence-electron chi connectivity index (χ2n) is 8.65. The molecule has 7 heteroatoms. The smallest absolute Gasteiger partial charge is 0.120 e. The first-order chi connectivity index (χ1) is 16.5. The molecule has 1 aliphatic heterocycles. The topological polar surface area (TPSA) is 64.6 Å². The maximum Gasteiger partial charge on any atom is 0.120 e. The molecule has 0 aliphatic carbocycles. The number of nitrogens with one attached hydrogen (secondary N) is 2. The summed E-state index contributed by atoms with van der Waals surface area (Å²) in [6.07, 6.45) is 6.32. The van der Waals surface area contributed by atoms with Crippen LogP contribution in [0.2, 0.25) is 0 Å². The fraction of sp³-hybridized carbons (Fsp3) is 0.407. The molecule has 0 saturated carbocycles. The van der Waals surface area contributed by atoms with Crippen LogP contribution in [0.25, 0.3) is 0 Å². The quantitative estimate of drug-likeness (QED) is 0.346. The Morgan fingerprint density at radius 2 is 1.88 bits per heavy atom. The molecule has 1 unspecified atom stereocenters. The summed E-state index contributed by atoms with van der Waals surface area (Å²) in [7, 11) is 0.952. The van der Waals surface area contributed by atoms with Gasteiger partial charge in [0.1, 0.15) is 16.7 Å². The highest BCUT2D eigenvalue weighted by molar-refractivity contribution is 7.85. The molecule has 0 amide bonds. The number of benzene rings is 2. The van der Waals surface area contributed by atoms with Gasteiger partial charge in [0, 0.05) is 28.9 Å². The van der Waals surface area contributed by atoms with Crippen molar-refractivity contribution in [2.24, 2.45) is 0 Å². The molecule has 1 aromatic heterocycles. The molecule has 4 rings (SSSR count). The van der Waals surface area contributed by atoms with E-state index in [4.69, 9.17) is 0 Å². The third-order valence-corrected chi connectivity index (χ3v) is 7.48. The van der Waals surface area contributed by atoms with Gasteiger partial charge in [0.05, 0.1) is 0 Å². The van der Waals surface area contributed by atoms with Crippen molar-refractivity contribution in [3.8, 4) is 5.75 Å². The van der Waals surface area contributed by atoms with Crippen LogP contribution in [0.15, 0.2) is 66.0 Å². The minimum atomic E-state index is -1.04. The van der Waals surface area contributed by atoms with Crippen molar-refractivity contribution in [1.82, 2.24) is 10.2 Å². The largest absolute Gasteiger partial charge is 0.508 e. The van der Waals surface area contributed by atoms with Crippen LogP contribution in [0.4, 0.5) is 5.69 Å². The standard InChI is InChI=1S/C19H24N2O2S.C8H13NS/c1-24(23)20-18-7-4-6-16(13-18)15-9-11-21(12-10-15)14-17-5-2-3-8-19(17)22;1-9-6-2-4-8-5-3-7-10-8/h2-8,13,15,20,22H,9-12,14H2,1H3;3,5,7,9H,2,4,6H2,1H3. The lowest BCUT2D eigenvalue weighted by molar-refractivity contribution is 0.202. The summed E-state index contributed by atoms with van der Waals surface area (Å²) in [5, 5.41) is 15.2. The van der Waals surface area contributed by atoms with E-state index in [-0.39, 0.29) is 0 Å². The fourth-order valence-corrected chi connectivity index (χ4v) is 5.44. The number of hydrogen-bond donors (Lipinski definition) is 3. The second-order valence-corrected chi connectivity index (χ2v) is 10.8. The van der Waals surface area contributed by atoms with Gasteiger partial charge < -0.3 is 15.1 Å². The summed E-state index contributed by atoms with van der Waals surface area (Å²) in [5.74, 6) is 0.920. The number of aromatic hydroxyl groups is 1. The number of anilines is 1. The molecule has 1 atom stereocenters. The number of thiophene rings is 1. The lowest BCUT2D eigenvalue weighted by Crippen LogP contribution is -2.32. The average molecular weight is 500 g/mol. The predicted octanol–water partition coefficient (Wildman–Crippen LogP) is 5.38. The fourth-order valence-electron chi connectivity index (χ4n) is 4.23. The Balaban J connectivity index is 0.000000271. The highest BCUT2D eigenvalue weighted by Crippen LogP contribution is 2.31.